The van der Waals surface area contributed by atoms with Crippen molar-refractivity contribution in [3.05, 3.63) is 21.4 Å². The average molecular weight is 285 g/mol. The first-order valence-corrected chi connectivity index (χ1v) is 7.11. The van der Waals surface area contributed by atoms with E-state index in [0.29, 0.717) is 31.0 Å². The van der Waals surface area contributed by atoms with Crippen molar-refractivity contribution in [1.82, 2.24) is 5.32 Å². The van der Waals surface area contributed by atoms with E-state index in [4.69, 9.17) is 9.84 Å². The van der Waals surface area contributed by atoms with E-state index in [-0.39, 0.29) is 6.10 Å². The summed E-state index contributed by atoms with van der Waals surface area (Å²) in [4.78, 5) is 12.2. The second-order valence-corrected chi connectivity index (χ2v) is 6.22. The number of thiophene rings is 1. The van der Waals surface area contributed by atoms with E-state index in [0.717, 1.165) is 10.4 Å². The van der Waals surface area contributed by atoms with Gasteiger partial charge in [-0.2, -0.15) is 0 Å². The zero-order chi connectivity index (χ0) is 14.0. The molecule has 3 N–H and O–H groups in total. The molecule has 1 fully saturated rings. The minimum absolute atomic E-state index is 0.168. The predicted molar refractivity (Wildman–Crippen MR) is 72.7 cm³/mol. The smallest absolute Gasteiger partial charge is 0.345 e. The molecule has 19 heavy (non-hydrogen) atoms. The van der Waals surface area contributed by atoms with Crippen LogP contribution in [-0.2, 0) is 11.3 Å². The average Bonchev–Trinajstić information content (AvgIpc) is 2.85. The molecule has 1 aromatic rings. The Bertz CT molecular complexity index is 473. The largest absolute Gasteiger partial charge is 0.477 e. The second-order valence-electron chi connectivity index (χ2n) is 4.97. The summed E-state index contributed by atoms with van der Waals surface area (Å²) in [6.45, 7) is 5.37. The maximum absolute atomic E-state index is 10.9. The van der Waals surface area contributed by atoms with Crippen LogP contribution in [0.1, 0.15) is 33.5 Å². The highest BCUT2D eigenvalue weighted by atomic mass is 32.1. The van der Waals surface area contributed by atoms with Crippen LogP contribution in [0.3, 0.4) is 0 Å². The second kappa shape index (κ2) is 5.58. The fourth-order valence-corrected chi connectivity index (χ4v) is 3.10. The van der Waals surface area contributed by atoms with Gasteiger partial charge in [0.15, 0.2) is 0 Å². The molecular weight excluding hydrogens is 266 g/mol. The molecule has 5 nitrogen and oxygen atoms in total. The van der Waals surface area contributed by atoms with E-state index in [1.807, 2.05) is 13.8 Å². The molecule has 2 rings (SSSR count). The van der Waals surface area contributed by atoms with Gasteiger partial charge < -0.3 is 20.3 Å². The summed E-state index contributed by atoms with van der Waals surface area (Å²) in [6, 6.07) is 1.69. The molecular formula is C13H19NO4S. The molecule has 1 aromatic heterocycles. The zero-order valence-corrected chi connectivity index (χ0v) is 11.9. The van der Waals surface area contributed by atoms with E-state index in [1.54, 1.807) is 6.07 Å². The zero-order valence-electron chi connectivity index (χ0n) is 11.1. The van der Waals surface area contributed by atoms with E-state index >= 15 is 0 Å². The van der Waals surface area contributed by atoms with Crippen molar-refractivity contribution in [3.63, 3.8) is 0 Å². The van der Waals surface area contributed by atoms with Crippen LogP contribution in [0.4, 0.5) is 0 Å². The normalized spacial score (nSPS) is 26.8. The molecule has 0 radical (unpaired) electrons. The number of rotatable bonds is 5. The lowest BCUT2D eigenvalue weighted by atomic mass is 9.96. The summed E-state index contributed by atoms with van der Waals surface area (Å²) < 4.78 is 5.36. The van der Waals surface area contributed by atoms with Crippen LogP contribution in [0.5, 0.6) is 0 Å². The van der Waals surface area contributed by atoms with Gasteiger partial charge in [0.2, 0.25) is 0 Å². The Balaban J connectivity index is 1.91. The number of carboxylic acid groups (broad SMARTS) is 1. The monoisotopic (exact) mass is 285 g/mol. The van der Waals surface area contributed by atoms with E-state index in [9.17, 15) is 9.90 Å². The summed E-state index contributed by atoms with van der Waals surface area (Å²) in [5.41, 5.74) is 0.150. The Morgan fingerprint density at radius 2 is 2.42 bits per heavy atom. The minimum atomic E-state index is -0.893. The van der Waals surface area contributed by atoms with Gasteiger partial charge in [0, 0.05) is 31.0 Å². The summed E-state index contributed by atoms with van der Waals surface area (Å²) >= 11 is 1.28. The molecule has 2 atom stereocenters. The standard InChI is InChI=1S/C13H19NO4S/c1-8-10(5-11(19-8)12(15)16)6-14-7-13(17)3-4-18-9(13)2/h5,9,14,17H,3-4,6-7H2,1-2H3,(H,15,16). The molecule has 0 aliphatic carbocycles. The molecule has 0 aromatic carbocycles. The first-order valence-electron chi connectivity index (χ1n) is 6.30. The van der Waals surface area contributed by atoms with Crippen LogP contribution in [-0.4, -0.2) is 41.0 Å². The Morgan fingerprint density at radius 1 is 1.68 bits per heavy atom. The van der Waals surface area contributed by atoms with Gasteiger partial charge in [-0.05, 0) is 25.5 Å². The van der Waals surface area contributed by atoms with Gasteiger partial charge in [-0.1, -0.05) is 0 Å². The van der Waals surface area contributed by atoms with Gasteiger partial charge in [0.1, 0.15) is 10.5 Å². The van der Waals surface area contributed by atoms with Crippen LogP contribution < -0.4 is 5.32 Å². The highest BCUT2D eigenvalue weighted by Crippen LogP contribution is 2.25. The van der Waals surface area contributed by atoms with Crippen molar-refractivity contribution in [3.8, 4) is 0 Å². The van der Waals surface area contributed by atoms with Crippen molar-refractivity contribution in [1.29, 1.82) is 0 Å². The summed E-state index contributed by atoms with van der Waals surface area (Å²) in [6.07, 6.45) is 0.461. The molecule has 0 saturated carbocycles. The third kappa shape index (κ3) is 3.14. The van der Waals surface area contributed by atoms with E-state index < -0.39 is 11.6 Å². The van der Waals surface area contributed by atoms with Crippen molar-refractivity contribution < 1.29 is 19.7 Å². The molecule has 2 heterocycles. The number of carbonyl (C=O) groups is 1. The Labute approximate surface area is 116 Å². The molecule has 1 aliphatic heterocycles. The highest BCUT2D eigenvalue weighted by molar-refractivity contribution is 7.14. The first kappa shape index (κ1) is 14.5. The lowest BCUT2D eigenvalue weighted by Crippen LogP contribution is -2.45. The van der Waals surface area contributed by atoms with Gasteiger partial charge in [0.05, 0.1) is 6.10 Å². The maximum Gasteiger partial charge on any atom is 0.345 e. The number of aromatic carboxylic acids is 1. The SMILES string of the molecule is Cc1sc(C(=O)O)cc1CNCC1(O)CCOC1C. The Morgan fingerprint density at radius 3 is 2.95 bits per heavy atom. The first-order chi connectivity index (χ1) is 8.92. The van der Waals surface area contributed by atoms with Crippen LogP contribution in [0.15, 0.2) is 6.07 Å². The number of aliphatic hydroxyl groups is 1. The van der Waals surface area contributed by atoms with E-state index in [1.165, 1.54) is 11.3 Å². The minimum Gasteiger partial charge on any atom is -0.477 e. The lowest BCUT2D eigenvalue weighted by molar-refractivity contribution is -0.0263. The molecule has 0 spiro atoms. The molecule has 106 valence electrons. The van der Waals surface area contributed by atoms with Gasteiger partial charge in [-0.3, -0.25) is 0 Å². The number of hydrogen-bond donors (Lipinski definition) is 3. The molecule has 0 amide bonds. The van der Waals surface area contributed by atoms with Crippen LogP contribution >= 0.6 is 11.3 Å². The quantitative estimate of drug-likeness (QED) is 0.762. The number of ether oxygens (including phenoxy) is 1. The summed E-state index contributed by atoms with van der Waals surface area (Å²) in [5, 5.41) is 22.4. The van der Waals surface area contributed by atoms with Crippen molar-refractivity contribution in [2.24, 2.45) is 0 Å². The predicted octanol–water partition coefficient (Wildman–Crippen LogP) is 1.38. The third-order valence-corrected chi connectivity index (χ3v) is 4.72. The van der Waals surface area contributed by atoms with Crippen molar-refractivity contribution in [2.45, 2.75) is 38.5 Å². The lowest BCUT2D eigenvalue weighted by Gasteiger charge is -2.26. The maximum atomic E-state index is 10.9. The van der Waals surface area contributed by atoms with Crippen molar-refractivity contribution in [2.75, 3.05) is 13.2 Å². The Hall–Kier alpha value is -0.950. The van der Waals surface area contributed by atoms with Gasteiger partial charge in [0.25, 0.3) is 0 Å². The van der Waals surface area contributed by atoms with Gasteiger partial charge in [-0.15, -0.1) is 11.3 Å². The van der Waals surface area contributed by atoms with Gasteiger partial charge >= 0.3 is 5.97 Å². The molecule has 6 heteroatoms. The van der Waals surface area contributed by atoms with Gasteiger partial charge in [-0.25, -0.2) is 4.79 Å². The summed E-state index contributed by atoms with van der Waals surface area (Å²) in [5.74, 6) is -0.893. The van der Waals surface area contributed by atoms with Crippen molar-refractivity contribution >= 4 is 17.3 Å². The number of carboxylic acids is 1. The van der Waals surface area contributed by atoms with Crippen LogP contribution in [0.2, 0.25) is 0 Å². The van der Waals surface area contributed by atoms with Crippen LogP contribution in [0.25, 0.3) is 0 Å². The fraction of sp³-hybridized carbons (Fsp3) is 0.615. The van der Waals surface area contributed by atoms with Crippen LogP contribution in [0, 0.1) is 6.92 Å². The number of nitrogens with one attached hydrogen (secondary N) is 1. The topological polar surface area (TPSA) is 78.8 Å². The number of aryl methyl sites for hydroxylation is 1. The molecule has 2 unspecified atom stereocenters. The third-order valence-electron chi connectivity index (χ3n) is 3.64. The molecule has 1 aliphatic rings. The highest BCUT2D eigenvalue weighted by Gasteiger charge is 2.38. The fourth-order valence-electron chi connectivity index (χ4n) is 2.22. The molecule has 1 saturated heterocycles. The Kier molecular flexibility index (Phi) is 4.25. The number of hydrogen-bond acceptors (Lipinski definition) is 5. The van der Waals surface area contributed by atoms with E-state index in [2.05, 4.69) is 5.32 Å². The summed E-state index contributed by atoms with van der Waals surface area (Å²) in [7, 11) is 0. The molecule has 0 bridgehead atoms.